The normalized spacial score (nSPS) is 17.0. The van der Waals surface area contributed by atoms with Gasteiger partial charge in [-0.25, -0.2) is 9.97 Å². The van der Waals surface area contributed by atoms with Crippen LogP contribution in [0, 0.1) is 0 Å². The monoisotopic (exact) mass is 407 g/mol. The molecule has 0 aromatic carbocycles. The first-order chi connectivity index (χ1) is 14.2. The van der Waals surface area contributed by atoms with Crippen molar-refractivity contribution in [3.8, 4) is 11.4 Å². The molecule has 1 fully saturated rings. The molecule has 0 bridgehead atoms. The van der Waals surface area contributed by atoms with E-state index in [-0.39, 0.29) is 17.6 Å². The minimum Gasteiger partial charge on any atom is -0.438 e. The minimum atomic E-state index is -0.125. The number of piperidine rings is 1. The van der Waals surface area contributed by atoms with Gasteiger partial charge >= 0.3 is 0 Å². The summed E-state index contributed by atoms with van der Waals surface area (Å²) in [6.07, 6.45) is 8.28. The van der Waals surface area contributed by atoms with E-state index in [0.717, 1.165) is 35.6 Å². The molecule has 0 N–H and O–H groups in total. The van der Waals surface area contributed by atoms with E-state index >= 15 is 0 Å². The predicted molar refractivity (Wildman–Crippen MR) is 108 cm³/mol. The number of oxazole rings is 1. The minimum absolute atomic E-state index is 0.125. The van der Waals surface area contributed by atoms with E-state index in [1.165, 1.54) is 12.6 Å². The van der Waals surface area contributed by atoms with Gasteiger partial charge in [0, 0.05) is 30.9 Å². The topological polar surface area (TPSA) is 76.5 Å². The molecule has 4 aromatic rings. The molecule has 5 heterocycles. The largest absolute Gasteiger partial charge is 0.438 e. The van der Waals surface area contributed by atoms with Crippen molar-refractivity contribution in [1.29, 1.82) is 0 Å². The van der Waals surface area contributed by atoms with E-state index in [9.17, 15) is 4.79 Å². The number of likely N-dealkylation sites (tertiary alicyclic amines) is 1. The number of nitrogens with zero attached hydrogens (tertiary/aromatic N) is 5. The highest BCUT2D eigenvalue weighted by Crippen LogP contribution is 2.29. The molecule has 0 unspecified atom stereocenters. The van der Waals surface area contributed by atoms with Crippen molar-refractivity contribution < 1.29 is 9.21 Å². The summed E-state index contributed by atoms with van der Waals surface area (Å²) in [5.74, 6) is 0.313. The maximum atomic E-state index is 12.6. The lowest BCUT2D eigenvalue weighted by atomic mass is 9.94. The first-order valence-corrected chi connectivity index (χ1v) is 9.84. The van der Waals surface area contributed by atoms with Gasteiger partial charge in [-0.2, -0.15) is 0 Å². The summed E-state index contributed by atoms with van der Waals surface area (Å²) in [6.45, 7) is 1.32. The number of hydrogen-bond acceptors (Lipinski definition) is 5. The molecule has 0 radical (unpaired) electrons. The van der Waals surface area contributed by atoms with Crippen LogP contribution in [0.5, 0.6) is 0 Å². The highest BCUT2D eigenvalue weighted by molar-refractivity contribution is 6.30. The lowest BCUT2D eigenvalue weighted by Gasteiger charge is -2.32. The van der Waals surface area contributed by atoms with Gasteiger partial charge in [0.1, 0.15) is 5.65 Å². The van der Waals surface area contributed by atoms with Gasteiger partial charge < -0.3 is 9.32 Å². The Balaban J connectivity index is 1.43. The molecule has 146 valence electrons. The van der Waals surface area contributed by atoms with Crippen LogP contribution in [0.3, 0.4) is 0 Å². The standard InChI is InChI=1S/C21H18ClN5O2/c22-15-6-7-20-24-9-18(27(20)12-15)17-5-1-4-16(25-17)14-3-2-8-26(11-14)21(28)19-10-23-13-29-19/h1,4-7,9-10,12-14H,2-3,8,11H2/t14-/m0/s1. The van der Waals surface area contributed by atoms with Gasteiger partial charge in [-0.05, 0) is 37.1 Å². The van der Waals surface area contributed by atoms with Gasteiger partial charge in [-0.15, -0.1) is 0 Å². The van der Waals surface area contributed by atoms with Crippen LogP contribution in [0.4, 0.5) is 0 Å². The maximum absolute atomic E-state index is 12.6. The number of pyridine rings is 2. The van der Waals surface area contributed by atoms with Crippen molar-refractivity contribution in [2.75, 3.05) is 13.1 Å². The van der Waals surface area contributed by atoms with Gasteiger partial charge in [-0.1, -0.05) is 17.7 Å². The SMILES string of the molecule is O=C(c1cnco1)N1CCC[C@H](c2cccc(-c3cnc4ccc(Cl)cn34)n2)C1. The number of carbonyl (C=O) groups is 1. The summed E-state index contributed by atoms with van der Waals surface area (Å²) < 4.78 is 7.11. The number of hydrogen-bond donors (Lipinski definition) is 0. The third-order valence-corrected chi connectivity index (χ3v) is 5.50. The Morgan fingerprint density at radius 3 is 3.00 bits per heavy atom. The highest BCUT2D eigenvalue weighted by Gasteiger charge is 2.28. The second kappa shape index (κ2) is 7.33. The number of imidazole rings is 1. The van der Waals surface area contributed by atoms with Crippen molar-refractivity contribution in [3.05, 3.63) is 71.8 Å². The van der Waals surface area contributed by atoms with Crippen LogP contribution in [0.15, 0.2) is 59.7 Å². The second-order valence-corrected chi connectivity index (χ2v) is 7.56. The molecule has 1 aliphatic heterocycles. The summed E-state index contributed by atoms with van der Waals surface area (Å²) in [4.78, 5) is 27.6. The van der Waals surface area contributed by atoms with E-state index in [1.54, 1.807) is 6.20 Å². The quantitative estimate of drug-likeness (QED) is 0.512. The molecular formula is C21H18ClN5O2. The Morgan fingerprint density at radius 2 is 2.14 bits per heavy atom. The lowest BCUT2D eigenvalue weighted by Crippen LogP contribution is -2.39. The molecule has 0 aliphatic carbocycles. The van der Waals surface area contributed by atoms with Crippen LogP contribution in [0.25, 0.3) is 17.0 Å². The van der Waals surface area contributed by atoms with Crippen molar-refractivity contribution in [2.24, 2.45) is 0 Å². The van der Waals surface area contributed by atoms with E-state index < -0.39 is 0 Å². The summed E-state index contributed by atoms with van der Waals surface area (Å²) in [5.41, 5.74) is 3.50. The fraction of sp³-hybridized carbons (Fsp3) is 0.238. The Hall–Kier alpha value is -3.19. The molecule has 1 saturated heterocycles. The summed E-state index contributed by atoms with van der Waals surface area (Å²) in [7, 11) is 0. The fourth-order valence-electron chi connectivity index (χ4n) is 3.85. The molecule has 4 aromatic heterocycles. The molecule has 29 heavy (non-hydrogen) atoms. The molecule has 1 amide bonds. The van der Waals surface area contributed by atoms with Crippen LogP contribution >= 0.6 is 11.6 Å². The Bertz CT molecular complexity index is 1170. The average molecular weight is 408 g/mol. The second-order valence-electron chi connectivity index (χ2n) is 7.12. The maximum Gasteiger partial charge on any atom is 0.291 e. The Labute approximate surface area is 172 Å². The Kier molecular flexibility index (Phi) is 4.52. The van der Waals surface area contributed by atoms with Crippen LogP contribution in [-0.2, 0) is 0 Å². The van der Waals surface area contributed by atoms with Crippen molar-refractivity contribution in [2.45, 2.75) is 18.8 Å². The van der Waals surface area contributed by atoms with Crippen LogP contribution in [-0.4, -0.2) is 43.2 Å². The molecule has 0 spiro atoms. The zero-order valence-corrected chi connectivity index (χ0v) is 16.3. The smallest absolute Gasteiger partial charge is 0.291 e. The lowest BCUT2D eigenvalue weighted by molar-refractivity contribution is 0.0673. The molecule has 1 atom stereocenters. The van der Waals surface area contributed by atoms with Gasteiger partial charge in [-0.3, -0.25) is 14.2 Å². The summed E-state index contributed by atoms with van der Waals surface area (Å²) in [5, 5.41) is 0.641. The van der Waals surface area contributed by atoms with Crippen molar-refractivity contribution in [1.82, 2.24) is 24.3 Å². The molecule has 5 rings (SSSR count). The number of fused-ring (bicyclic) bond motifs is 1. The fourth-order valence-corrected chi connectivity index (χ4v) is 4.01. The Morgan fingerprint density at radius 1 is 1.21 bits per heavy atom. The number of halogens is 1. The van der Waals surface area contributed by atoms with E-state index in [4.69, 9.17) is 21.0 Å². The number of carbonyl (C=O) groups excluding carboxylic acids is 1. The van der Waals surface area contributed by atoms with Crippen LogP contribution in [0.1, 0.15) is 35.0 Å². The first-order valence-electron chi connectivity index (χ1n) is 9.47. The summed E-state index contributed by atoms with van der Waals surface area (Å²) >= 11 is 6.16. The molecule has 1 aliphatic rings. The van der Waals surface area contributed by atoms with E-state index in [1.807, 2.05) is 45.8 Å². The van der Waals surface area contributed by atoms with Gasteiger partial charge in [0.25, 0.3) is 5.91 Å². The zero-order valence-electron chi connectivity index (χ0n) is 15.5. The van der Waals surface area contributed by atoms with Crippen molar-refractivity contribution >= 4 is 23.2 Å². The van der Waals surface area contributed by atoms with E-state index in [0.29, 0.717) is 18.1 Å². The average Bonchev–Trinajstić information content (AvgIpc) is 3.43. The van der Waals surface area contributed by atoms with Crippen LogP contribution < -0.4 is 0 Å². The number of rotatable bonds is 3. The van der Waals surface area contributed by atoms with E-state index in [2.05, 4.69) is 9.97 Å². The van der Waals surface area contributed by atoms with Gasteiger partial charge in [0.2, 0.25) is 5.76 Å². The molecular weight excluding hydrogens is 390 g/mol. The number of aromatic nitrogens is 4. The molecule has 7 nitrogen and oxygen atoms in total. The molecule has 0 saturated carbocycles. The molecule has 8 heteroatoms. The predicted octanol–water partition coefficient (Wildman–Crippen LogP) is 4.06. The zero-order chi connectivity index (χ0) is 19.8. The third-order valence-electron chi connectivity index (χ3n) is 5.27. The van der Waals surface area contributed by atoms with Crippen LogP contribution in [0.2, 0.25) is 5.02 Å². The van der Waals surface area contributed by atoms with Gasteiger partial charge in [0.15, 0.2) is 6.39 Å². The number of amides is 1. The van der Waals surface area contributed by atoms with Crippen molar-refractivity contribution in [3.63, 3.8) is 0 Å². The summed E-state index contributed by atoms with van der Waals surface area (Å²) in [6, 6.07) is 9.68. The van der Waals surface area contributed by atoms with Gasteiger partial charge in [0.05, 0.1) is 28.8 Å². The first kappa shape index (κ1) is 17.9. The highest BCUT2D eigenvalue weighted by atomic mass is 35.5. The third kappa shape index (κ3) is 3.38.